The SMILES string of the molecule is COc1ccc(CNc2nc3c(c(=O)n(C)c(=O)n3C)n2Cc2cccc(OC)c2)cc1. The summed E-state index contributed by atoms with van der Waals surface area (Å²) in [6.45, 7) is 0.867. The molecule has 0 saturated carbocycles. The average molecular weight is 435 g/mol. The number of aryl methyl sites for hydroxylation is 1. The molecule has 0 bridgehead atoms. The summed E-state index contributed by atoms with van der Waals surface area (Å²) in [5, 5.41) is 3.31. The fraction of sp³-hybridized carbons (Fsp3) is 0.261. The van der Waals surface area contributed by atoms with Crippen LogP contribution in [-0.2, 0) is 27.2 Å². The van der Waals surface area contributed by atoms with E-state index in [0.29, 0.717) is 30.2 Å². The Kier molecular flexibility index (Phi) is 5.72. The van der Waals surface area contributed by atoms with Gasteiger partial charge in [0.1, 0.15) is 11.5 Å². The third-order valence-corrected chi connectivity index (χ3v) is 5.43. The fourth-order valence-electron chi connectivity index (χ4n) is 3.61. The maximum atomic E-state index is 13.0. The minimum absolute atomic E-state index is 0.332. The van der Waals surface area contributed by atoms with Gasteiger partial charge in [-0.2, -0.15) is 4.98 Å². The van der Waals surface area contributed by atoms with Crippen LogP contribution in [0.5, 0.6) is 11.5 Å². The van der Waals surface area contributed by atoms with Crippen LogP contribution in [0.25, 0.3) is 11.2 Å². The van der Waals surface area contributed by atoms with Gasteiger partial charge in [0.2, 0.25) is 5.95 Å². The molecular weight excluding hydrogens is 410 g/mol. The second-order valence-electron chi connectivity index (χ2n) is 7.45. The first-order valence-electron chi connectivity index (χ1n) is 10.1. The Bertz CT molecular complexity index is 1380. The number of methoxy groups -OCH3 is 2. The van der Waals surface area contributed by atoms with Crippen LogP contribution < -0.4 is 26.0 Å². The van der Waals surface area contributed by atoms with Crippen molar-refractivity contribution in [2.24, 2.45) is 14.1 Å². The minimum Gasteiger partial charge on any atom is -0.497 e. The van der Waals surface area contributed by atoms with Crippen molar-refractivity contribution in [3.05, 3.63) is 80.5 Å². The highest BCUT2D eigenvalue weighted by Gasteiger charge is 2.19. The summed E-state index contributed by atoms with van der Waals surface area (Å²) in [7, 11) is 6.32. The molecule has 32 heavy (non-hydrogen) atoms. The number of aromatic nitrogens is 4. The summed E-state index contributed by atoms with van der Waals surface area (Å²) in [6.07, 6.45) is 0. The number of nitrogens with one attached hydrogen (secondary N) is 1. The second kappa shape index (κ2) is 8.62. The van der Waals surface area contributed by atoms with Crippen LogP contribution in [0.2, 0.25) is 0 Å². The summed E-state index contributed by atoms with van der Waals surface area (Å²) in [5.41, 5.74) is 1.83. The molecule has 0 aliphatic heterocycles. The summed E-state index contributed by atoms with van der Waals surface area (Å²) < 4.78 is 14.8. The van der Waals surface area contributed by atoms with Gasteiger partial charge in [0.25, 0.3) is 5.56 Å². The first kappa shape index (κ1) is 21.2. The molecular formula is C23H25N5O4. The third kappa shape index (κ3) is 3.84. The molecule has 0 radical (unpaired) electrons. The van der Waals surface area contributed by atoms with Crippen LogP contribution in [0.1, 0.15) is 11.1 Å². The number of benzene rings is 2. The largest absolute Gasteiger partial charge is 0.497 e. The zero-order chi connectivity index (χ0) is 22.8. The van der Waals surface area contributed by atoms with Gasteiger partial charge in [0.15, 0.2) is 11.2 Å². The molecule has 0 spiro atoms. The third-order valence-electron chi connectivity index (χ3n) is 5.43. The molecule has 0 aliphatic rings. The van der Waals surface area contributed by atoms with Gasteiger partial charge in [-0.15, -0.1) is 0 Å². The van der Waals surface area contributed by atoms with Crippen molar-refractivity contribution in [3.8, 4) is 11.5 Å². The second-order valence-corrected chi connectivity index (χ2v) is 7.45. The van der Waals surface area contributed by atoms with Gasteiger partial charge in [-0.1, -0.05) is 24.3 Å². The lowest BCUT2D eigenvalue weighted by molar-refractivity contribution is 0.414. The van der Waals surface area contributed by atoms with Gasteiger partial charge in [0.05, 0.1) is 20.8 Å². The van der Waals surface area contributed by atoms with Crippen molar-refractivity contribution < 1.29 is 9.47 Å². The van der Waals surface area contributed by atoms with E-state index in [1.54, 1.807) is 25.8 Å². The summed E-state index contributed by atoms with van der Waals surface area (Å²) in [4.78, 5) is 30.1. The van der Waals surface area contributed by atoms with Crippen molar-refractivity contribution in [3.63, 3.8) is 0 Å². The highest BCUT2D eigenvalue weighted by molar-refractivity contribution is 5.74. The number of fused-ring (bicyclic) bond motifs is 1. The van der Waals surface area contributed by atoms with E-state index in [0.717, 1.165) is 27.2 Å². The molecule has 0 fully saturated rings. The van der Waals surface area contributed by atoms with Crippen molar-refractivity contribution >= 4 is 17.1 Å². The lowest BCUT2D eigenvalue weighted by Gasteiger charge is -2.12. The van der Waals surface area contributed by atoms with E-state index in [2.05, 4.69) is 10.3 Å². The van der Waals surface area contributed by atoms with E-state index in [9.17, 15) is 9.59 Å². The monoisotopic (exact) mass is 435 g/mol. The fourth-order valence-corrected chi connectivity index (χ4v) is 3.61. The van der Waals surface area contributed by atoms with Crippen LogP contribution in [-0.4, -0.2) is 32.9 Å². The van der Waals surface area contributed by atoms with Crippen LogP contribution in [0.4, 0.5) is 5.95 Å². The Balaban J connectivity index is 1.80. The summed E-state index contributed by atoms with van der Waals surface area (Å²) >= 11 is 0. The Morgan fingerprint density at radius 2 is 1.62 bits per heavy atom. The van der Waals surface area contributed by atoms with Crippen molar-refractivity contribution in [2.75, 3.05) is 19.5 Å². The molecule has 0 unspecified atom stereocenters. The molecule has 0 saturated heterocycles. The molecule has 1 N–H and O–H groups in total. The molecule has 2 heterocycles. The smallest absolute Gasteiger partial charge is 0.332 e. The average Bonchev–Trinajstić information content (AvgIpc) is 3.18. The zero-order valence-electron chi connectivity index (χ0n) is 18.5. The molecule has 166 valence electrons. The van der Waals surface area contributed by atoms with Crippen molar-refractivity contribution in [1.29, 1.82) is 0 Å². The Morgan fingerprint density at radius 3 is 2.31 bits per heavy atom. The zero-order valence-corrected chi connectivity index (χ0v) is 18.5. The van der Waals surface area contributed by atoms with Crippen LogP contribution in [0, 0.1) is 0 Å². The minimum atomic E-state index is -0.421. The van der Waals surface area contributed by atoms with Gasteiger partial charge in [0, 0.05) is 20.6 Å². The molecule has 9 heteroatoms. The van der Waals surface area contributed by atoms with E-state index >= 15 is 0 Å². The molecule has 0 aliphatic carbocycles. The molecule has 4 aromatic rings. The quantitative estimate of drug-likeness (QED) is 0.478. The number of ether oxygens (including phenoxy) is 2. The summed E-state index contributed by atoms with van der Waals surface area (Å²) in [6, 6.07) is 15.3. The van der Waals surface area contributed by atoms with Crippen LogP contribution in [0.3, 0.4) is 0 Å². The van der Waals surface area contributed by atoms with E-state index < -0.39 is 11.2 Å². The normalized spacial score (nSPS) is 11.0. The Morgan fingerprint density at radius 1 is 0.906 bits per heavy atom. The number of imidazole rings is 1. The van der Waals surface area contributed by atoms with Gasteiger partial charge in [-0.25, -0.2) is 4.79 Å². The predicted molar refractivity (Wildman–Crippen MR) is 123 cm³/mol. The first-order valence-corrected chi connectivity index (χ1v) is 10.1. The summed E-state index contributed by atoms with van der Waals surface area (Å²) in [5.74, 6) is 1.99. The number of hydrogen-bond acceptors (Lipinski definition) is 6. The first-order chi connectivity index (χ1) is 15.4. The van der Waals surface area contributed by atoms with Gasteiger partial charge in [-0.05, 0) is 35.4 Å². The topological polar surface area (TPSA) is 92.3 Å². The van der Waals surface area contributed by atoms with E-state index in [1.165, 1.54) is 11.6 Å². The standard InChI is InChI=1S/C23H25N5O4/c1-26-20-19(21(29)27(2)23(26)30)28(14-16-6-5-7-18(12-16)32-4)22(25-20)24-13-15-8-10-17(31-3)11-9-15/h5-12H,13-14H2,1-4H3,(H,24,25). The molecule has 0 atom stereocenters. The molecule has 4 rings (SSSR count). The molecule has 0 amide bonds. The van der Waals surface area contributed by atoms with E-state index in [4.69, 9.17) is 9.47 Å². The van der Waals surface area contributed by atoms with Gasteiger partial charge in [-0.3, -0.25) is 18.5 Å². The predicted octanol–water partition coefficient (Wildman–Crippen LogP) is 2.11. The Hall–Kier alpha value is -4.01. The lowest BCUT2D eigenvalue weighted by Crippen LogP contribution is -2.37. The molecule has 9 nitrogen and oxygen atoms in total. The number of anilines is 1. The van der Waals surface area contributed by atoms with Gasteiger partial charge < -0.3 is 14.8 Å². The van der Waals surface area contributed by atoms with E-state index in [-0.39, 0.29) is 0 Å². The van der Waals surface area contributed by atoms with Crippen LogP contribution in [0.15, 0.2) is 58.1 Å². The maximum absolute atomic E-state index is 13.0. The number of hydrogen-bond donors (Lipinski definition) is 1. The molecule has 2 aromatic carbocycles. The van der Waals surface area contributed by atoms with E-state index in [1.807, 2.05) is 48.5 Å². The maximum Gasteiger partial charge on any atom is 0.332 e. The highest BCUT2D eigenvalue weighted by Crippen LogP contribution is 2.21. The van der Waals surface area contributed by atoms with Crippen molar-refractivity contribution in [1.82, 2.24) is 18.7 Å². The lowest BCUT2D eigenvalue weighted by atomic mass is 10.2. The highest BCUT2D eigenvalue weighted by atomic mass is 16.5. The van der Waals surface area contributed by atoms with Crippen LogP contribution >= 0.6 is 0 Å². The Labute approximate surface area is 184 Å². The molecule has 2 aromatic heterocycles. The number of rotatable bonds is 7. The van der Waals surface area contributed by atoms with Crippen molar-refractivity contribution in [2.45, 2.75) is 13.1 Å². The van der Waals surface area contributed by atoms with Gasteiger partial charge >= 0.3 is 5.69 Å². The number of nitrogens with zero attached hydrogens (tertiary/aromatic N) is 4.